The number of H-pyrrole nitrogens is 1. The van der Waals surface area contributed by atoms with E-state index in [1.54, 1.807) is 24.5 Å². The Bertz CT molecular complexity index is 962. The topological polar surface area (TPSA) is 100 Å². The number of nitrogens with one attached hydrogen (secondary N) is 3. The van der Waals surface area contributed by atoms with Gasteiger partial charge in [0.1, 0.15) is 11.6 Å². The molecule has 160 valence electrons. The average Bonchev–Trinajstić information content (AvgIpc) is 3.39. The van der Waals surface area contributed by atoms with Gasteiger partial charge < -0.3 is 19.8 Å². The average molecular weight is 439 g/mol. The van der Waals surface area contributed by atoms with Crippen LogP contribution in [0, 0.1) is 0 Å². The molecule has 11 heteroatoms. The molecule has 0 radical (unpaired) electrons. The number of nitrogens with zero attached hydrogens (tertiary/aromatic N) is 3. The molecule has 0 unspecified atom stereocenters. The van der Waals surface area contributed by atoms with Crippen molar-refractivity contribution in [2.75, 3.05) is 13.1 Å². The molecule has 3 aromatic rings. The van der Waals surface area contributed by atoms with E-state index in [1.165, 1.54) is 12.1 Å². The number of alkyl halides is 2. The lowest BCUT2D eigenvalue weighted by Gasteiger charge is -2.12. The van der Waals surface area contributed by atoms with Crippen LogP contribution < -0.4 is 15.4 Å². The molecule has 0 aliphatic heterocycles. The van der Waals surface area contributed by atoms with Crippen molar-refractivity contribution >= 4 is 17.6 Å². The molecule has 0 saturated heterocycles. The van der Waals surface area contributed by atoms with Gasteiger partial charge in [-0.15, -0.1) is 0 Å². The molecule has 8 nitrogen and oxygen atoms in total. The second kappa shape index (κ2) is 10.6. The smallest absolute Gasteiger partial charge is 0.387 e. The Hall–Kier alpha value is -3.14. The van der Waals surface area contributed by atoms with Gasteiger partial charge in [-0.25, -0.2) is 9.98 Å². The number of aromatic nitrogens is 3. The second-order valence-electron chi connectivity index (χ2n) is 6.09. The number of hydrogen-bond acceptors (Lipinski definition) is 5. The van der Waals surface area contributed by atoms with E-state index in [1.807, 2.05) is 6.92 Å². The van der Waals surface area contributed by atoms with Crippen LogP contribution in [0.4, 0.5) is 8.78 Å². The van der Waals surface area contributed by atoms with Gasteiger partial charge in [0.2, 0.25) is 5.82 Å². The van der Waals surface area contributed by atoms with E-state index < -0.39 is 6.61 Å². The minimum Gasteiger partial charge on any atom is -0.461 e. The van der Waals surface area contributed by atoms with Crippen molar-refractivity contribution in [3.8, 4) is 17.3 Å². The summed E-state index contributed by atoms with van der Waals surface area (Å²) in [5.41, 5.74) is 0.457. The summed E-state index contributed by atoms with van der Waals surface area (Å²) in [4.78, 5) is 8.79. The van der Waals surface area contributed by atoms with Crippen molar-refractivity contribution in [1.29, 1.82) is 0 Å². The molecule has 3 N–H and O–H groups in total. The van der Waals surface area contributed by atoms with Gasteiger partial charge in [-0.2, -0.15) is 13.9 Å². The quantitative estimate of drug-likeness (QED) is 0.348. The Morgan fingerprint density at radius 3 is 2.93 bits per heavy atom. The number of rotatable bonds is 9. The minimum absolute atomic E-state index is 0.0427. The first-order valence-electron chi connectivity index (χ1n) is 9.25. The van der Waals surface area contributed by atoms with Gasteiger partial charge >= 0.3 is 6.61 Å². The molecule has 0 saturated carbocycles. The minimum atomic E-state index is -2.92. The van der Waals surface area contributed by atoms with Crippen molar-refractivity contribution in [3.05, 3.63) is 53.0 Å². The van der Waals surface area contributed by atoms with E-state index in [9.17, 15) is 8.78 Å². The van der Waals surface area contributed by atoms with Gasteiger partial charge in [0.15, 0.2) is 11.7 Å². The van der Waals surface area contributed by atoms with Crippen molar-refractivity contribution in [2.24, 2.45) is 4.99 Å². The molecule has 0 fully saturated rings. The molecular weight excluding hydrogens is 418 g/mol. The highest BCUT2D eigenvalue weighted by atomic mass is 35.5. The van der Waals surface area contributed by atoms with Crippen LogP contribution in [-0.2, 0) is 13.0 Å². The van der Waals surface area contributed by atoms with Crippen LogP contribution in [0.3, 0.4) is 0 Å². The molecular formula is C19H21ClF2N6O2. The summed E-state index contributed by atoms with van der Waals surface area (Å²) in [6, 6.07) is 7.99. The zero-order valence-electron chi connectivity index (χ0n) is 16.2. The zero-order valence-corrected chi connectivity index (χ0v) is 16.9. The van der Waals surface area contributed by atoms with Crippen LogP contribution >= 0.6 is 11.6 Å². The number of benzene rings is 1. The number of aromatic amines is 1. The summed E-state index contributed by atoms with van der Waals surface area (Å²) in [7, 11) is 0. The van der Waals surface area contributed by atoms with E-state index in [0.29, 0.717) is 53.5 Å². The van der Waals surface area contributed by atoms with Gasteiger partial charge in [-0.05, 0) is 37.3 Å². The lowest BCUT2D eigenvalue weighted by atomic mass is 10.2. The van der Waals surface area contributed by atoms with Crippen LogP contribution in [0.25, 0.3) is 11.6 Å². The normalized spacial score (nSPS) is 11.7. The molecule has 1 aromatic carbocycles. The zero-order chi connectivity index (χ0) is 21.3. The predicted molar refractivity (Wildman–Crippen MR) is 109 cm³/mol. The van der Waals surface area contributed by atoms with Crippen LogP contribution in [0.5, 0.6) is 5.75 Å². The number of aliphatic imine (C=N–C) groups is 1. The molecule has 0 aliphatic carbocycles. The SMILES string of the molecule is CCNC(=NCc1cc(Cl)ccc1OC(F)F)NCCc1nc(-c2ccco2)n[nH]1. The molecule has 30 heavy (non-hydrogen) atoms. The molecule has 0 bridgehead atoms. The molecule has 3 rings (SSSR count). The maximum Gasteiger partial charge on any atom is 0.387 e. The highest BCUT2D eigenvalue weighted by molar-refractivity contribution is 6.30. The monoisotopic (exact) mass is 438 g/mol. The standard InChI is InChI=1S/C19H21ClF2N6O2/c1-2-23-19(25-11-12-10-13(20)5-6-14(12)30-18(21)22)24-8-7-16-26-17(28-27-16)15-4-3-9-29-15/h3-6,9-10,18H,2,7-8,11H2,1H3,(H2,23,24,25)(H,26,27,28). The van der Waals surface area contributed by atoms with Crippen LogP contribution in [0.1, 0.15) is 18.3 Å². The summed E-state index contributed by atoms with van der Waals surface area (Å²) >= 11 is 5.97. The van der Waals surface area contributed by atoms with E-state index in [-0.39, 0.29) is 12.3 Å². The molecule has 2 heterocycles. The Morgan fingerprint density at radius 2 is 2.20 bits per heavy atom. The maximum atomic E-state index is 12.6. The van der Waals surface area contributed by atoms with E-state index in [4.69, 9.17) is 16.0 Å². The van der Waals surface area contributed by atoms with E-state index >= 15 is 0 Å². The number of furan rings is 1. The lowest BCUT2D eigenvalue weighted by Crippen LogP contribution is -2.38. The summed E-state index contributed by atoms with van der Waals surface area (Å²) in [6.45, 7) is 0.270. The summed E-state index contributed by atoms with van der Waals surface area (Å²) < 4.78 is 35.0. The summed E-state index contributed by atoms with van der Waals surface area (Å²) in [5.74, 6) is 2.33. The van der Waals surface area contributed by atoms with Crippen molar-refractivity contribution in [3.63, 3.8) is 0 Å². The molecule has 0 spiro atoms. The van der Waals surface area contributed by atoms with E-state index in [2.05, 4.69) is 35.5 Å². The van der Waals surface area contributed by atoms with Crippen LogP contribution in [0.15, 0.2) is 46.0 Å². The summed E-state index contributed by atoms with van der Waals surface area (Å²) in [5, 5.41) is 13.7. The van der Waals surface area contributed by atoms with Gasteiger partial charge in [-0.3, -0.25) is 5.10 Å². The highest BCUT2D eigenvalue weighted by Crippen LogP contribution is 2.25. The molecule has 0 atom stereocenters. The first kappa shape index (κ1) is 21.6. The first-order valence-corrected chi connectivity index (χ1v) is 9.63. The third-order valence-electron chi connectivity index (χ3n) is 3.92. The Morgan fingerprint density at radius 1 is 1.33 bits per heavy atom. The fourth-order valence-corrected chi connectivity index (χ4v) is 2.81. The fraction of sp³-hybridized carbons (Fsp3) is 0.316. The summed E-state index contributed by atoms with van der Waals surface area (Å²) in [6.07, 6.45) is 2.12. The largest absolute Gasteiger partial charge is 0.461 e. The Labute approximate surface area is 176 Å². The number of ether oxygens (including phenoxy) is 1. The third-order valence-corrected chi connectivity index (χ3v) is 4.15. The fourth-order valence-electron chi connectivity index (χ4n) is 2.61. The Kier molecular flexibility index (Phi) is 7.61. The maximum absolute atomic E-state index is 12.6. The van der Waals surface area contributed by atoms with Crippen LogP contribution in [-0.4, -0.2) is 40.8 Å². The van der Waals surface area contributed by atoms with Gasteiger partial charge in [0.05, 0.1) is 12.8 Å². The second-order valence-corrected chi connectivity index (χ2v) is 6.52. The highest BCUT2D eigenvalue weighted by Gasteiger charge is 2.11. The van der Waals surface area contributed by atoms with Gasteiger partial charge in [0, 0.05) is 30.1 Å². The van der Waals surface area contributed by atoms with Crippen LogP contribution in [0.2, 0.25) is 5.02 Å². The number of guanidine groups is 1. The van der Waals surface area contributed by atoms with Crippen molar-refractivity contribution in [1.82, 2.24) is 25.8 Å². The molecule has 2 aromatic heterocycles. The van der Waals surface area contributed by atoms with Crippen molar-refractivity contribution < 1.29 is 17.9 Å². The van der Waals surface area contributed by atoms with Crippen molar-refractivity contribution in [2.45, 2.75) is 26.5 Å². The predicted octanol–water partition coefficient (Wildman–Crippen LogP) is 3.62. The lowest BCUT2D eigenvalue weighted by molar-refractivity contribution is -0.0504. The molecule has 0 amide bonds. The van der Waals surface area contributed by atoms with Gasteiger partial charge in [-0.1, -0.05) is 11.6 Å². The van der Waals surface area contributed by atoms with Gasteiger partial charge in [0.25, 0.3) is 0 Å². The number of hydrogen-bond donors (Lipinski definition) is 3. The Balaban J connectivity index is 1.59. The molecule has 0 aliphatic rings. The number of halogens is 3. The first-order chi connectivity index (χ1) is 14.5. The third kappa shape index (κ3) is 6.18. The van der Waals surface area contributed by atoms with E-state index in [0.717, 1.165) is 0 Å².